The van der Waals surface area contributed by atoms with Crippen LogP contribution >= 0.6 is 12.2 Å². The highest BCUT2D eigenvalue weighted by atomic mass is 32.1. The van der Waals surface area contributed by atoms with E-state index in [1.165, 1.54) is 24.4 Å². The Morgan fingerprint density at radius 1 is 1.37 bits per heavy atom. The van der Waals surface area contributed by atoms with Crippen LogP contribution in [0.15, 0.2) is 30.5 Å². The summed E-state index contributed by atoms with van der Waals surface area (Å²) in [6.07, 6.45) is -1.93. The third kappa shape index (κ3) is 3.92. The van der Waals surface area contributed by atoms with Gasteiger partial charge in [0, 0.05) is 17.8 Å². The monoisotopic (exact) mass is 436 g/mol. The van der Waals surface area contributed by atoms with Gasteiger partial charge in [0.2, 0.25) is 0 Å². The Balaban J connectivity index is 1.92. The number of aromatic amines is 1. The molecule has 1 aliphatic rings. The van der Waals surface area contributed by atoms with Crippen molar-refractivity contribution in [3.63, 3.8) is 0 Å². The van der Waals surface area contributed by atoms with Gasteiger partial charge in [-0.2, -0.15) is 0 Å². The van der Waals surface area contributed by atoms with Crippen LogP contribution in [-0.2, 0) is 0 Å². The molecule has 11 heteroatoms. The van der Waals surface area contributed by atoms with Gasteiger partial charge in [0.15, 0.2) is 5.69 Å². The van der Waals surface area contributed by atoms with Gasteiger partial charge < -0.3 is 19.4 Å². The lowest BCUT2D eigenvalue weighted by molar-refractivity contribution is -0.274. The molecule has 0 atom stereocenters. The van der Waals surface area contributed by atoms with E-state index in [2.05, 4.69) is 19.7 Å². The summed E-state index contributed by atoms with van der Waals surface area (Å²) in [4.78, 5) is 23.6. The van der Waals surface area contributed by atoms with Gasteiger partial charge in [0.05, 0.1) is 5.56 Å². The van der Waals surface area contributed by atoms with Crippen molar-refractivity contribution in [2.45, 2.75) is 32.2 Å². The summed E-state index contributed by atoms with van der Waals surface area (Å²) in [6, 6.07) is 5.17. The van der Waals surface area contributed by atoms with Crippen molar-refractivity contribution in [2.24, 2.45) is 0 Å². The molecule has 2 aromatic heterocycles. The number of nitrogens with one attached hydrogen (secondary N) is 1. The van der Waals surface area contributed by atoms with Crippen molar-refractivity contribution in [1.82, 2.24) is 19.5 Å². The third-order valence-corrected chi connectivity index (χ3v) is 4.85. The summed E-state index contributed by atoms with van der Waals surface area (Å²) in [7, 11) is 0. The molecular formula is C19H15F3N4O3S. The van der Waals surface area contributed by atoms with Gasteiger partial charge in [0.1, 0.15) is 27.7 Å². The number of imidazole rings is 1. The minimum Gasteiger partial charge on any atom is -0.477 e. The molecule has 4 rings (SSSR count). The molecule has 156 valence electrons. The van der Waals surface area contributed by atoms with Crippen molar-refractivity contribution in [2.75, 3.05) is 0 Å². The molecule has 2 heterocycles. The second-order valence-electron chi connectivity index (χ2n) is 6.83. The molecule has 1 aliphatic carbocycles. The third-order valence-electron chi connectivity index (χ3n) is 4.53. The quantitative estimate of drug-likeness (QED) is 0.552. The number of carbonyl (C=O) groups is 1. The maximum absolute atomic E-state index is 12.6. The van der Waals surface area contributed by atoms with Crippen LogP contribution in [0.25, 0.3) is 22.6 Å². The second kappa shape index (κ2) is 7.24. The molecule has 3 aromatic rings. The van der Waals surface area contributed by atoms with E-state index < -0.39 is 18.1 Å². The molecule has 2 N–H and O–H groups in total. The van der Waals surface area contributed by atoms with Crippen molar-refractivity contribution in [3.05, 3.63) is 46.6 Å². The fourth-order valence-electron chi connectivity index (χ4n) is 3.20. The Bertz CT molecular complexity index is 1200. The van der Waals surface area contributed by atoms with E-state index >= 15 is 0 Å². The fourth-order valence-corrected chi connectivity index (χ4v) is 3.50. The second-order valence-corrected chi connectivity index (χ2v) is 7.23. The number of rotatable bonds is 5. The van der Waals surface area contributed by atoms with E-state index in [0.717, 1.165) is 12.8 Å². The lowest BCUT2D eigenvalue weighted by Crippen LogP contribution is -2.17. The summed E-state index contributed by atoms with van der Waals surface area (Å²) in [5, 5.41) is 9.90. The van der Waals surface area contributed by atoms with Crippen molar-refractivity contribution in [3.8, 4) is 28.4 Å². The lowest BCUT2D eigenvalue weighted by Gasteiger charge is -2.12. The van der Waals surface area contributed by atoms with Gasteiger partial charge in [0.25, 0.3) is 0 Å². The number of nitrogens with zero attached hydrogens (tertiary/aromatic N) is 3. The molecule has 0 unspecified atom stereocenters. The number of H-pyrrole nitrogens is 1. The minimum atomic E-state index is -4.84. The number of ether oxygens (including phenoxy) is 1. The van der Waals surface area contributed by atoms with Crippen LogP contribution < -0.4 is 4.74 Å². The molecule has 0 amide bonds. The van der Waals surface area contributed by atoms with Crippen LogP contribution in [0.5, 0.6) is 5.75 Å². The SMILES string of the molecule is Cc1ncc(-c2nc(-c3cccc(OC(F)(F)F)c3)n(C3CC3)c2C(=O)O)c(=S)[nH]1. The molecule has 0 bridgehead atoms. The zero-order valence-corrected chi connectivity index (χ0v) is 16.3. The number of benzene rings is 1. The minimum absolute atomic E-state index is 0.0835. The van der Waals surface area contributed by atoms with E-state index in [1.807, 2.05) is 0 Å². The molecule has 0 aliphatic heterocycles. The standard InChI is InChI=1S/C19H15F3N4O3S/c1-9-23-8-13(17(30)24-9)14-15(18(27)28)26(11-5-6-11)16(25-14)10-3-2-4-12(7-10)29-19(20,21)22/h2-4,7-8,11H,5-6H2,1H3,(H,27,28)(H,23,24,30). The normalized spacial score (nSPS) is 14.0. The number of carboxylic acid groups (broad SMARTS) is 1. The number of aryl methyl sites for hydroxylation is 1. The van der Waals surface area contributed by atoms with Crippen LogP contribution in [0.4, 0.5) is 13.2 Å². The zero-order chi connectivity index (χ0) is 21.6. The van der Waals surface area contributed by atoms with E-state index in [4.69, 9.17) is 12.2 Å². The van der Waals surface area contributed by atoms with Gasteiger partial charge in [-0.25, -0.2) is 14.8 Å². The summed E-state index contributed by atoms with van der Waals surface area (Å²) in [5.74, 6) is -0.849. The van der Waals surface area contributed by atoms with Crippen LogP contribution in [0.3, 0.4) is 0 Å². The first kappa shape index (κ1) is 20.1. The van der Waals surface area contributed by atoms with Gasteiger partial charge in [-0.15, -0.1) is 13.2 Å². The molecule has 1 fully saturated rings. The molecule has 0 radical (unpaired) electrons. The van der Waals surface area contributed by atoms with Gasteiger partial charge in [-0.1, -0.05) is 24.4 Å². The first-order valence-electron chi connectivity index (χ1n) is 8.92. The summed E-state index contributed by atoms with van der Waals surface area (Å²) in [5.41, 5.74) is 0.656. The highest BCUT2D eigenvalue weighted by Crippen LogP contribution is 2.43. The first-order chi connectivity index (χ1) is 14.1. The van der Waals surface area contributed by atoms with E-state index in [-0.39, 0.29) is 27.9 Å². The van der Waals surface area contributed by atoms with E-state index in [9.17, 15) is 23.1 Å². The number of aromatic nitrogens is 4. The number of alkyl halides is 3. The van der Waals surface area contributed by atoms with Gasteiger partial charge in [-0.3, -0.25) is 0 Å². The van der Waals surface area contributed by atoms with Gasteiger partial charge >= 0.3 is 12.3 Å². The zero-order valence-electron chi connectivity index (χ0n) is 15.5. The number of halogens is 3. The lowest BCUT2D eigenvalue weighted by atomic mass is 10.2. The molecule has 0 spiro atoms. The first-order valence-corrected chi connectivity index (χ1v) is 9.33. The Kier molecular flexibility index (Phi) is 4.85. The summed E-state index contributed by atoms with van der Waals surface area (Å²) >= 11 is 5.32. The number of carboxylic acids is 1. The Hall–Kier alpha value is -3.21. The smallest absolute Gasteiger partial charge is 0.477 e. The Morgan fingerprint density at radius 3 is 2.70 bits per heavy atom. The number of aromatic carboxylic acids is 1. The average Bonchev–Trinajstić information content (AvgIpc) is 3.40. The maximum Gasteiger partial charge on any atom is 0.573 e. The molecule has 7 nitrogen and oxygen atoms in total. The maximum atomic E-state index is 12.6. The Labute approximate surface area is 173 Å². The number of hydrogen-bond donors (Lipinski definition) is 2. The molecule has 1 aromatic carbocycles. The van der Waals surface area contributed by atoms with Crippen LogP contribution in [0, 0.1) is 11.6 Å². The van der Waals surface area contributed by atoms with Crippen molar-refractivity contribution < 1.29 is 27.8 Å². The molecule has 0 saturated heterocycles. The predicted octanol–water partition coefficient (Wildman–Crippen LogP) is 4.91. The Morgan fingerprint density at radius 2 is 2.10 bits per heavy atom. The largest absolute Gasteiger partial charge is 0.573 e. The van der Waals surface area contributed by atoms with E-state index in [0.29, 0.717) is 17.0 Å². The van der Waals surface area contributed by atoms with Crippen LogP contribution in [0.2, 0.25) is 0 Å². The summed E-state index contributed by atoms with van der Waals surface area (Å²) in [6.45, 7) is 1.71. The molecular weight excluding hydrogens is 421 g/mol. The topological polar surface area (TPSA) is 93.0 Å². The fraction of sp³-hybridized carbons (Fsp3) is 0.263. The van der Waals surface area contributed by atoms with Gasteiger partial charge in [-0.05, 0) is 31.9 Å². The number of hydrogen-bond acceptors (Lipinski definition) is 5. The van der Waals surface area contributed by atoms with Crippen molar-refractivity contribution in [1.29, 1.82) is 0 Å². The average molecular weight is 436 g/mol. The molecule has 1 saturated carbocycles. The van der Waals surface area contributed by atoms with Crippen LogP contribution in [0.1, 0.15) is 35.2 Å². The summed E-state index contributed by atoms with van der Waals surface area (Å²) < 4.78 is 43.7. The predicted molar refractivity (Wildman–Crippen MR) is 103 cm³/mol. The van der Waals surface area contributed by atoms with Crippen molar-refractivity contribution >= 4 is 18.2 Å². The highest BCUT2D eigenvalue weighted by Gasteiger charge is 2.35. The molecule has 30 heavy (non-hydrogen) atoms. The van der Waals surface area contributed by atoms with E-state index in [1.54, 1.807) is 17.6 Å². The highest BCUT2D eigenvalue weighted by molar-refractivity contribution is 7.71. The van der Waals surface area contributed by atoms with Crippen LogP contribution in [-0.4, -0.2) is 37.0 Å².